The van der Waals surface area contributed by atoms with Crippen LogP contribution in [0.15, 0.2) is 14.9 Å². The molecular formula is C19H28N4O3. The summed E-state index contributed by atoms with van der Waals surface area (Å²) in [4.78, 5) is 16.9. The Morgan fingerprint density at radius 1 is 1.27 bits per heavy atom. The summed E-state index contributed by atoms with van der Waals surface area (Å²) in [5.74, 6) is 2.67. The minimum Gasteiger partial charge on any atom is -0.466 e. The van der Waals surface area contributed by atoms with E-state index in [1.165, 1.54) is 0 Å². The predicted molar refractivity (Wildman–Crippen MR) is 97.7 cm³/mol. The fourth-order valence-electron chi connectivity index (χ4n) is 3.68. The van der Waals surface area contributed by atoms with Crippen molar-refractivity contribution < 1.29 is 13.6 Å². The van der Waals surface area contributed by atoms with Crippen molar-refractivity contribution in [3.8, 4) is 11.5 Å². The van der Waals surface area contributed by atoms with Crippen LogP contribution in [0.3, 0.4) is 0 Å². The van der Waals surface area contributed by atoms with E-state index < -0.39 is 0 Å². The largest absolute Gasteiger partial charge is 0.466 e. The number of carbonyl (C=O) groups is 1. The second-order valence-electron chi connectivity index (χ2n) is 6.83. The summed E-state index contributed by atoms with van der Waals surface area (Å²) in [6, 6.07) is 2.37. The molecule has 3 rings (SSSR count). The summed E-state index contributed by atoms with van der Waals surface area (Å²) in [6.07, 6.45) is 1.92. The van der Waals surface area contributed by atoms with Crippen LogP contribution in [-0.2, 0) is 11.2 Å². The minimum atomic E-state index is 0.162. The smallest absolute Gasteiger partial charge is 0.251 e. The first-order chi connectivity index (χ1) is 12.5. The molecule has 0 aliphatic carbocycles. The third-order valence-corrected chi connectivity index (χ3v) is 5.14. The highest BCUT2D eigenvalue weighted by atomic mass is 16.4. The molecule has 1 atom stereocenters. The molecule has 0 aromatic carbocycles. The maximum atomic E-state index is 12.5. The van der Waals surface area contributed by atoms with E-state index >= 15 is 0 Å². The number of aromatic nitrogens is 2. The first-order valence-electron chi connectivity index (χ1n) is 9.43. The van der Waals surface area contributed by atoms with Crippen LogP contribution in [0.25, 0.3) is 11.5 Å². The van der Waals surface area contributed by atoms with Crippen LogP contribution >= 0.6 is 0 Å². The number of likely N-dealkylation sites (tertiary alicyclic amines) is 1. The summed E-state index contributed by atoms with van der Waals surface area (Å²) in [6.45, 7) is 11.8. The molecule has 142 valence electrons. The van der Waals surface area contributed by atoms with Crippen LogP contribution in [0.1, 0.15) is 44.1 Å². The van der Waals surface area contributed by atoms with Crippen LogP contribution < -0.4 is 0 Å². The highest BCUT2D eigenvalue weighted by Crippen LogP contribution is 2.25. The van der Waals surface area contributed by atoms with E-state index in [1.54, 1.807) is 0 Å². The Hall–Kier alpha value is -2.15. The molecule has 1 aliphatic heterocycles. The SMILES string of the molecule is CCN(CC)[C@H]1CCN(C(=O)CCc2nnc(-c3cc(C)oc3C)o2)C1. The van der Waals surface area contributed by atoms with Gasteiger partial charge in [-0.15, -0.1) is 10.2 Å². The Kier molecular flexibility index (Phi) is 5.76. The number of carbonyl (C=O) groups excluding carboxylic acids is 1. The van der Waals surface area contributed by atoms with Gasteiger partial charge >= 0.3 is 0 Å². The number of hydrogen-bond donors (Lipinski definition) is 0. The van der Waals surface area contributed by atoms with Crippen molar-refractivity contribution in [3.05, 3.63) is 23.5 Å². The third-order valence-electron chi connectivity index (χ3n) is 5.14. The maximum absolute atomic E-state index is 12.5. The Labute approximate surface area is 154 Å². The average Bonchev–Trinajstić information content (AvgIpc) is 3.34. The topological polar surface area (TPSA) is 75.6 Å². The molecule has 1 fully saturated rings. The first kappa shape index (κ1) is 18.6. The van der Waals surface area contributed by atoms with Gasteiger partial charge in [-0.3, -0.25) is 9.69 Å². The highest BCUT2D eigenvalue weighted by Gasteiger charge is 2.29. The molecule has 0 radical (unpaired) electrons. The molecule has 3 heterocycles. The van der Waals surface area contributed by atoms with E-state index in [0.717, 1.165) is 49.7 Å². The molecule has 7 heteroatoms. The molecule has 1 aliphatic rings. The zero-order valence-corrected chi connectivity index (χ0v) is 16.1. The molecule has 7 nitrogen and oxygen atoms in total. The van der Waals surface area contributed by atoms with Crippen molar-refractivity contribution in [2.24, 2.45) is 0 Å². The number of rotatable bonds is 7. The lowest BCUT2D eigenvalue weighted by Gasteiger charge is -2.26. The number of likely N-dealkylation sites (N-methyl/N-ethyl adjacent to an activating group) is 1. The molecule has 1 saturated heterocycles. The van der Waals surface area contributed by atoms with Crippen molar-refractivity contribution in [3.63, 3.8) is 0 Å². The molecular weight excluding hydrogens is 332 g/mol. The standard InChI is InChI=1S/C19H28N4O3/c1-5-22(6-2)15-9-10-23(12-15)18(24)8-7-17-20-21-19(26-17)16-11-13(3)25-14(16)4/h11,15H,5-10,12H2,1-4H3/t15-/m0/s1. The zero-order valence-electron chi connectivity index (χ0n) is 16.1. The van der Waals surface area contributed by atoms with E-state index in [-0.39, 0.29) is 5.91 Å². The first-order valence-corrected chi connectivity index (χ1v) is 9.43. The average molecular weight is 360 g/mol. The van der Waals surface area contributed by atoms with Gasteiger partial charge in [-0.2, -0.15) is 0 Å². The van der Waals surface area contributed by atoms with Gasteiger partial charge in [-0.25, -0.2) is 0 Å². The van der Waals surface area contributed by atoms with Gasteiger partial charge in [0.05, 0.1) is 5.56 Å². The Bertz CT molecular complexity index is 748. The normalized spacial score (nSPS) is 17.4. The van der Waals surface area contributed by atoms with Gasteiger partial charge in [0.15, 0.2) is 0 Å². The molecule has 0 bridgehead atoms. The Balaban J connectivity index is 1.53. The molecule has 2 aromatic rings. The quantitative estimate of drug-likeness (QED) is 0.756. The molecule has 0 spiro atoms. The lowest BCUT2D eigenvalue weighted by Crippen LogP contribution is -2.38. The van der Waals surface area contributed by atoms with Crippen LogP contribution in [-0.4, -0.2) is 58.1 Å². The number of aryl methyl sites for hydroxylation is 3. The monoisotopic (exact) mass is 360 g/mol. The third kappa shape index (κ3) is 3.98. The van der Waals surface area contributed by atoms with Crippen molar-refractivity contribution in [2.75, 3.05) is 26.2 Å². The number of hydrogen-bond acceptors (Lipinski definition) is 6. The molecule has 1 amide bonds. The van der Waals surface area contributed by atoms with Crippen molar-refractivity contribution in [1.82, 2.24) is 20.0 Å². The van der Waals surface area contributed by atoms with E-state index in [1.807, 2.05) is 24.8 Å². The van der Waals surface area contributed by atoms with Gasteiger partial charge in [0, 0.05) is 32.0 Å². The van der Waals surface area contributed by atoms with E-state index in [4.69, 9.17) is 8.83 Å². The van der Waals surface area contributed by atoms with Crippen molar-refractivity contribution in [2.45, 2.75) is 53.0 Å². The summed E-state index contributed by atoms with van der Waals surface area (Å²) >= 11 is 0. The predicted octanol–water partition coefficient (Wildman–Crippen LogP) is 2.82. The van der Waals surface area contributed by atoms with Crippen molar-refractivity contribution in [1.29, 1.82) is 0 Å². The summed E-state index contributed by atoms with van der Waals surface area (Å²) < 4.78 is 11.2. The van der Waals surface area contributed by atoms with Crippen LogP contribution in [0, 0.1) is 13.8 Å². The summed E-state index contributed by atoms with van der Waals surface area (Å²) in [5, 5.41) is 8.16. The summed E-state index contributed by atoms with van der Waals surface area (Å²) in [5.41, 5.74) is 0.814. The van der Waals surface area contributed by atoms with Gasteiger partial charge in [0.2, 0.25) is 11.8 Å². The van der Waals surface area contributed by atoms with Crippen LogP contribution in [0.5, 0.6) is 0 Å². The lowest BCUT2D eigenvalue weighted by molar-refractivity contribution is -0.130. The molecule has 0 saturated carbocycles. The Morgan fingerprint density at radius 2 is 2.04 bits per heavy atom. The van der Waals surface area contributed by atoms with Gasteiger partial charge in [-0.1, -0.05) is 13.8 Å². The molecule has 0 N–H and O–H groups in total. The van der Waals surface area contributed by atoms with E-state index in [2.05, 4.69) is 28.9 Å². The van der Waals surface area contributed by atoms with Gasteiger partial charge in [0.25, 0.3) is 5.89 Å². The minimum absolute atomic E-state index is 0.162. The number of amides is 1. The summed E-state index contributed by atoms with van der Waals surface area (Å²) in [7, 11) is 0. The van der Waals surface area contributed by atoms with Crippen LogP contribution in [0.2, 0.25) is 0 Å². The molecule has 26 heavy (non-hydrogen) atoms. The fourth-order valence-corrected chi connectivity index (χ4v) is 3.68. The molecule has 2 aromatic heterocycles. The van der Waals surface area contributed by atoms with Crippen molar-refractivity contribution >= 4 is 5.91 Å². The zero-order chi connectivity index (χ0) is 18.7. The second-order valence-corrected chi connectivity index (χ2v) is 6.83. The second kappa shape index (κ2) is 8.03. The number of furan rings is 1. The highest BCUT2D eigenvalue weighted by molar-refractivity contribution is 5.76. The van der Waals surface area contributed by atoms with Crippen LogP contribution in [0.4, 0.5) is 0 Å². The van der Waals surface area contributed by atoms with Gasteiger partial charge < -0.3 is 13.7 Å². The van der Waals surface area contributed by atoms with Gasteiger partial charge in [-0.05, 0) is 39.4 Å². The lowest BCUT2D eigenvalue weighted by atomic mass is 10.2. The van der Waals surface area contributed by atoms with E-state index in [0.29, 0.717) is 30.7 Å². The fraction of sp³-hybridized carbons (Fsp3) is 0.632. The van der Waals surface area contributed by atoms with E-state index in [9.17, 15) is 4.79 Å². The number of nitrogens with zero attached hydrogens (tertiary/aromatic N) is 4. The molecule has 0 unspecified atom stereocenters. The Morgan fingerprint density at radius 3 is 2.69 bits per heavy atom. The maximum Gasteiger partial charge on any atom is 0.251 e. The van der Waals surface area contributed by atoms with Gasteiger partial charge in [0.1, 0.15) is 11.5 Å².